The molecule has 1 aliphatic heterocycles. The molecule has 0 radical (unpaired) electrons. The summed E-state index contributed by atoms with van der Waals surface area (Å²) in [6.07, 6.45) is 0.725. The number of amides is 1. The zero-order valence-corrected chi connectivity index (χ0v) is 22.8. The highest BCUT2D eigenvalue weighted by Crippen LogP contribution is 2.34. The van der Waals surface area contributed by atoms with Crippen molar-refractivity contribution in [3.8, 4) is 11.5 Å². The molecule has 7 nitrogen and oxygen atoms in total. The SMILES string of the molecule is COc1ccc(S(=O)(=O)N(CC(=O)N2CCc3sccc3[C@@H]2COc2ccc(Cl)cc2)C(C)C)cc1. The number of nitrogens with zero attached hydrogens (tertiary/aromatic N) is 2. The van der Waals surface area contributed by atoms with Crippen LogP contribution in [0, 0.1) is 0 Å². The second-order valence-electron chi connectivity index (χ2n) is 8.74. The minimum Gasteiger partial charge on any atom is -0.497 e. The van der Waals surface area contributed by atoms with E-state index in [4.69, 9.17) is 21.1 Å². The van der Waals surface area contributed by atoms with E-state index in [9.17, 15) is 13.2 Å². The minimum absolute atomic E-state index is 0.117. The summed E-state index contributed by atoms with van der Waals surface area (Å²) in [5, 5.41) is 2.63. The highest BCUT2D eigenvalue weighted by molar-refractivity contribution is 7.89. The van der Waals surface area contributed by atoms with Crippen molar-refractivity contribution >= 4 is 38.9 Å². The topological polar surface area (TPSA) is 76.2 Å². The first kappa shape index (κ1) is 26.5. The molecule has 3 aromatic rings. The van der Waals surface area contributed by atoms with Gasteiger partial charge in [-0.3, -0.25) is 4.79 Å². The average molecular weight is 549 g/mol. The second kappa shape index (κ2) is 11.2. The van der Waals surface area contributed by atoms with Crippen LogP contribution in [0.4, 0.5) is 0 Å². The quantitative estimate of drug-likeness (QED) is 0.375. The summed E-state index contributed by atoms with van der Waals surface area (Å²) in [4.78, 5) is 16.7. The van der Waals surface area contributed by atoms with E-state index in [1.54, 1.807) is 66.5 Å². The fraction of sp³-hybridized carbons (Fsp3) is 0.346. The number of fused-ring (bicyclic) bond motifs is 1. The molecule has 4 rings (SSSR count). The third-order valence-corrected chi connectivity index (χ3v) is 9.45. The van der Waals surface area contributed by atoms with Gasteiger partial charge < -0.3 is 14.4 Å². The van der Waals surface area contributed by atoms with Crippen molar-refractivity contribution in [2.75, 3.05) is 26.8 Å². The third kappa shape index (κ3) is 5.70. The highest BCUT2D eigenvalue weighted by atomic mass is 35.5. The summed E-state index contributed by atoms with van der Waals surface area (Å²) in [7, 11) is -2.38. The highest BCUT2D eigenvalue weighted by Gasteiger charge is 2.36. The van der Waals surface area contributed by atoms with E-state index in [-0.39, 0.29) is 30.0 Å². The minimum atomic E-state index is -3.90. The van der Waals surface area contributed by atoms with Gasteiger partial charge in [0, 0.05) is 22.5 Å². The van der Waals surface area contributed by atoms with E-state index in [1.165, 1.54) is 28.4 Å². The van der Waals surface area contributed by atoms with Crippen LogP contribution in [0.2, 0.25) is 5.02 Å². The number of halogens is 1. The monoisotopic (exact) mass is 548 g/mol. The van der Waals surface area contributed by atoms with Crippen LogP contribution in [0.5, 0.6) is 11.5 Å². The molecule has 2 heterocycles. The first-order chi connectivity index (χ1) is 17.2. The molecular weight excluding hydrogens is 520 g/mol. The van der Waals surface area contributed by atoms with E-state index in [2.05, 4.69) is 0 Å². The van der Waals surface area contributed by atoms with Crippen LogP contribution in [0.1, 0.15) is 30.3 Å². The number of sulfonamides is 1. The zero-order valence-electron chi connectivity index (χ0n) is 20.4. The predicted octanol–water partition coefficient (Wildman–Crippen LogP) is 5.01. The normalized spacial score (nSPS) is 15.7. The van der Waals surface area contributed by atoms with Gasteiger partial charge in [0.1, 0.15) is 18.1 Å². The Hall–Kier alpha value is -2.59. The van der Waals surface area contributed by atoms with Crippen LogP contribution in [-0.2, 0) is 21.2 Å². The van der Waals surface area contributed by atoms with Crippen LogP contribution in [0.3, 0.4) is 0 Å². The standard InChI is InChI=1S/C26H29ClN2O5S2/c1-18(2)29(36(31,32)22-10-8-20(33-3)9-11-22)16-26(30)28-14-12-25-23(13-15-35-25)24(28)17-34-21-6-4-19(27)5-7-21/h4-11,13,15,18,24H,12,14,16-17H2,1-3H3/t24-/m0/s1. The van der Waals surface area contributed by atoms with Crippen molar-refractivity contribution in [1.29, 1.82) is 0 Å². The number of thiophene rings is 1. The maximum atomic E-state index is 13.6. The maximum Gasteiger partial charge on any atom is 0.243 e. The molecule has 1 amide bonds. The van der Waals surface area contributed by atoms with Crippen molar-refractivity contribution in [2.45, 2.75) is 37.2 Å². The van der Waals surface area contributed by atoms with E-state index in [0.717, 1.165) is 12.0 Å². The molecule has 0 spiro atoms. The maximum absolute atomic E-state index is 13.6. The van der Waals surface area contributed by atoms with Gasteiger partial charge in [0.15, 0.2) is 0 Å². The zero-order chi connectivity index (χ0) is 25.9. The summed E-state index contributed by atoms with van der Waals surface area (Å²) in [5.74, 6) is 0.951. The van der Waals surface area contributed by atoms with E-state index in [1.807, 2.05) is 11.4 Å². The Morgan fingerprint density at radius 1 is 1.11 bits per heavy atom. The molecular formula is C26H29ClN2O5S2. The molecule has 1 aromatic heterocycles. The fourth-order valence-electron chi connectivity index (χ4n) is 4.23. The van der Waals surface area contributed by atoms with Crippen LogP contribution in [-0.4, -0.2) is 56.4 Å². The molecule has 10 heteroatoms. The number of hydrogen-bond acceptors (Lipinski definition) is 6. The lowest BCUT2D eigenvalue weighted by molar-refractivity contribution is -0.135. The first-order valence-corrected chi connectivity index (χ1v) is 14.3. The van der Waals surface area contributed by atoms with Crippen LogP contribution in [0.15, 0.2) is 64.9 Å². The number of benzene rings is 2. The Labute approximate surface area is 221 Å². The van der Waals surface area contributed by atoms with Gasteiger partial charge in [0.25, 0.3) is 0 Å². The molecule has 2 aromatic carbocycles. The van der Waals surface area contributed by atoms with Gasteiger partial charge in [-0.15, -0.1) is 11.3 Å². The van der Waals surface area contributed by atoms with Crippen LogP contribution in [0.25, 0.3) is 0 Å². The van der Waals surface area contributed by atoms with Crippen LogP contribution < -0.4 is 9.47 Å². The van der Waals surface area contributed by atoms with Gasteiger partial charge in [-0.2, -0.15) is 4.31 Å². The number of carbonyl (C=O) groups is 1. The number of rotatable bonds is 9. The fourth-order valence-corrected chi connectivity index (χ4v) is 6.87. The molecule has 36 heavy (non-hydrogen) atoms. The third-order valence-electron chi connectivity index (χ3n) is 6.17. The number of hydrogen-bond donors (Lipinski definition) is 0. The molecule has 1 aliphatic rings. The van der Waals surface area contributed by atoms with E-state index in [0.29, 0.717) is 23.1 Å². The van der Waals surface area contributed by atoms with Crippen molar-refractivity contribution in [2.24, 2.45) is 0 Å². The summed E-state index contributed by atoms with van der Waals surface area (Å²) in [5.41, 5.74) is 1.04. The molecule has 1 atom stereocenters. The lowest BCUT2D eigenvalue weighted by Gasteiger charge is -2.37. The van der Waals surface area contributed by atoms with Gasteiger partial charge in [0.2, 0.25) is 15.9 Å². The van der Waals surface area contributed by atoms with Crippen molar-refractivity contribution < 1.29 is 22.7 Å². The molecule has 0 saturated heterocycles. The largest absolute Gasteiger partial charge is 0.497 e. The molecule has 0 aliphatic carbocycles. The molecule has 192 valence electrons. The Bertz CT molecular complexity index is 1290. The molecule has 0 unspecified atom stereocenters. The van der Waals surface area contributed by atoms with Crippen molar-refractivity contribution in [1.82, 2.24) is 9.21 Å². The van der Waals surface area contributed by atoms with Crippen molar-refractivity contribution in [3.63, 3.8) is 0 Å². The summed E-state index contributed by atoms with van der Waals surface area (Å²) >= 11 is 7.64. The number of ether oxygens (including phenoxy) is 2. The predicted molar refractivity (Wildman–Crippen MR) is 141 cm³/mol. The molecule has 0 saturated carbocycles. The van der Waals surface area contributed by atoms with Gasteiger partial charge in [-0.25, -0.2) is 8.42 Å². The molecule has 0 bridgehead atoms. The van der Waals surface area contributed by atoms with E-state index < -0.39 is 16.1 Å². The average Bonchev–Trinajstić information content (AvgIpc) is 3.35. The van der Waals surface area contributed by atoms with Crippen molar-refractivity contribution in [3.05, 3.63) is 75.4 Å². The Kier molecular flexibility index (Phi) is 8.24. The van der Waals surface area contributed by atoms with Crippen LogP contribution >= 0.6 is 22.9 Å². The van der Waals surface area contributed by atoms with Gasteiger partial charge in [-0.1, -0.05) is 11.6 Å². The first-order valence-electron chi connectivity index (χ1n) is 11.6. The molecule has 0 fully saturated rings. The Morgan fingerprint density at radius 3 is 2.42 bits per heavy atom. The summed E-state index contributed by atoms with van der Waals surface area (Å²) in [6.45, 7) is 4.02. The lowest BCUT2D eigenvalue weighted by atomic mass is 10.0. The number of carbonyl (C=O) groups excluding carboxylic acids is 1. The second-order valence-corrected chi connectivity index (χ2v) is 12.1. The van der Waals surface area contributed by atoms with Gasteiger partial charge >= 0.3 is 0 Å². The van der Waals surface area contributed by atoms with Gasteiger partial charge in [-0.05, 0) is 85.8 Å². The molecule has 0 N–H and O–H groups in total. The summed E-state index contributed by atoms with van der Waals surface area (Å²) < 4.78 is 39.3. The van der Waals surface area contributed by atoms with Gasteiger partial charge in [0.05, 0.1) is 24.6 Å². The smallest absolute Gasteiger partial charge is 0.243 e. The Morgan fingerprint density at radius 2 is 1.78 bits per heavy atom. The number of methoxy groups -OCH3 is 1. The summed E-state index contributed by atoms with van der Waals surface area (Å²) in [6, 6.07) is 14.5. The lowest BCUT2D eigenvalue weighted by Crippen LogP contribution is -2.49. The Balaban J connectivity index is 1.56. The van der Waals surface area contributed by atoms with E-state index >= 15 is 0 Å².